The van der Waals surface area contributed by atoms with Gasteiger partial charge in [0, 0.05) is 46.5 Å². The molecule has 0 aliphatic carbocycles. The lowest BCUT2D eigenvalue weighted by molar-refractivity contribution is -0.118. The van der Waals surface area contributed by atoms with Crippen molar-refractivity contribution >= 4 is 34.0 Å². The van der Waals surface area contributed by atoms with Crippen LogP contribution in [0.25, 0.3) is 22.3 Å². The van der Waals surface area contributed by atoms with Crippen LogP contribution in [0.2, 0.25) is 0 Å². The molecule has 1 spiro atoms. The average molecular weight is 483 g/mol. The highest BCUT2D eigenvalue weighted by atomic mass is 16.2. The number of nitrogens with one attached hydrogen (secondary N) is 2. The molecular formula is C30H22N6O. The van der Waals surface area contributed by atoms with Crippen molar-refractivity contribution in [1.82, 2.24) is 14.3 Å². The number of nitrogens with zero attached hydrogens (tertiary/aromatic N) is 4. The van der Waals surface area contributed by atoms with Gasteiger partial charge in [0.1, 0.15) is 11.2 Å². The van der Waals surface area contributed by atoms with E-state index < -0.39 is 5.41 Å². The quantitative estimate of drug-likeness (QED) is 0.359. The Morgan fingerprint density at radius 1 is 0.946 bits per heavy atom. The molecule has 37 heavy (non-hydrogen) atoms. The number of anilines is 2. The summed E-state index contributed by atoms with van der Waals surface area (Å²) in [5.74, 6) is 0.430. The molecule has 0 saturated heterocycles. The van der Waals surface area contributed by atoms with Crippen molar-refractivity contribution in [3.8, 4) is 11.8 Å². The number of carbonyl (C=O) groups excluding carboxylic acids is 1. The second-order valence-electron chi connectivity index (χ2n) is 9.46. The van der Waals surface area contributed by atoms with E-state index in [2.05, 4.69) is 16.7 Å². The van der Waals surface area contributed by atoms with Crippen molar-refractivity contribution in [1.29, 1.82) is 5.26 Å². The summed E-state index contributed by atoms with van der Waals surface area (Å²) >= 11 is 0. The zero-order valence-electron chi connectivity index (χ0n) is 20.3. The minimum Gasteiger partial charge on any atom is -0.350 e. The highest BCUT2D eigenvalue weighted by molar-refractivity contribution is 6.16. The Morgan fingerprint density at radius 3 is 2.49 bits per heavy atom. The number of aryl methyl sites for hydroxylation is 2. The largest absolute Gasteiger partial charge is 0.350 e. The van der Waals surface area contributed by atoms with Crippen molar-refractivity contribution < 1.29 is 4.79 Å². The Morgan fingerprint density at radius 2 is 1.68 bits per heavy atom. The van der Waals surface area contributed by atoms with E-state index in [1.807, 2.05) is 108 Å². The summed E-state index contributed by atoms with van der Waals surface area (Å²) in [5, 5.41) is 23.3. The molecule has 0 saturated carbocycles. The third-order valence-corrected chi connectivity index (χ3v) is 7.50. The van der Waals surface area contributed by atoms with Gasteiger partial charge in [0.25, 0.3) is 0 Å². The Kier molecular flexibility index (Phi) is 4.27. The summed E-state index contributed by atoms with van der Waals surface area (Å²) in [5.41, 5.74) is 5.22. The van der Waals surface area contributed by atoms with Crippen LogP contribution in [0, 0.1) is 18.3 Å². The summed E-state index contributed by atoms with van der Waals surface area (Å²) in [6, 6.07) is 28.0. The molecule has 1 unspecified atom stereocenters. The predicted octanol–water partition coefficient (Wildman–Crippen LogP) is 5.27. The highest BCUT2D eigenvalue weighted by Gasteiger charge is 2.58. The predicted molar refractivity (Wildman–Crippen MR) is 143 cm³/mol. The normalized spacial score (nSPS) is 17.9. The lowest BCUT2D eigenvalue weighted by Crippen LogP contribution is -2.42. The van der Waals surface area contributed by atoms with Crippen LogP contribution in [0.15, 0.2) is 90.6 Å². The average Bonchev–Trinajstić information content (AvgIpc) is 3.54. The van der Waals surface area contributed by atoms with Crippen molar-refractivity contribution in [2.24, 2.45) is 7.05 Å². The maximum atomic E-state index is 14.1. The number of hydrogen-bond acceptors (Lipinski definition) is 4. The summed E-state index contributed by atoms with van der Waals surface area (Å²) in [6.07, 6.45) is 2.01. The SMILES string of the molecule is Cc1nn(-c2ccccc2)c2c1C1(C(=O)Nc3ccccc31)C(C#N)=C(c1cn(C)c3ccccc13)N2. The van der Waals surface area contributed by atoms with Gasteiger partial charge in [-0.15, -0.1) is 0 Å². The number of nitriles is 1. The summed E-state index contributed by atoms with van der Waals surface area (Å²) in [4.78, 5) is 14.1. The standard InChI is InChI=1S/C30H22N6O/c1-18-26-28(36(34-18)19-10-4-3-5-11-19)33-27(21-17-35(2)25-15-9-6-12-20(21)25)23(16-31)30(26)22-13-7-8-14-24(22)32-29(30)37/h3-15,17,33H,1-2H3,(H,32,37). The Balaban J connectivity index is 1.64. The molecule has 7 nitrogen and oxygen atoms in total. The molecule has 5 aromatic rings. The first-order chi connectivity index (χ1) is 18.1. The van der Waals surface area contributed by atoms with Crippen LogP contribution >= 0.6 is 0 Å². The number of para-hydroxylation sites is 3. The Labute approximate surface area is 213 Å². The second kappa shape index (κ2) is 7.45. The first-order valence-corrected chi connectivity index (χ1v) is 12.1. The molecule has 0 bridgehead atoms. The lowest BCUT2D eigenvalue weighted by atomic mass is 9.67. The molecule has 0 fully saturated rings. The molecule has 2 aliphatic rings. The molecule has 0 radical (unpaired) electrons. The van der Waals surface area contributed by atoms with Gasteiger partial charge >= 0.3 is 0 Å². The molecule has 1 amide bonds. The molecule has 1 atom stereocenters. The first kappa shape index (κ1) is 21.2. The van der Waals surface area contributed by atoms with Gasteiger partial charge in [-0.05, 0) is 31.2 Å². The van der Waals surface area contributed by atoms with E-state index in [1.165, 1.54) is 0 Å². The fourth-order valence-electron chi connectivity index (χ4n) is 5.98. The van der Waals surface area contributed by atoms with E-state index in [0.717, 1.165) is 27.7 Å². The van der Waals surface area contributed by atoms with Gasteiger partial charge in [0.05, 0.1) is 28.7 Å². The van der Waals surface area contributed by atoms with Crippen LogP contribution in [0.1, 0.15) is 22.4 Å². The minimum absolute atomic E-state index is 0.249. The lowest BCUT2D eigenvalue weighted by Gasteiger charge is -2.34. The number of carbonyl (C=O) groups is 1. The van der Waals surface area contributed by atoms with Gasteiger partial charge in [-0.2, -0.15) is 10.4 Å². The van der Waals surface area contributed by atoms with Crippen molar-refractivity contribution in [2.75, 3.05) is 10.6 Å². The minimum atomic E-state index is -1.34. The zero-order chi connectivity index (χ0) is 25.3. The maximum Gasteiger partial charge on any atom is 0.245 e. The third-order valence-electron chi connectivity index (χ3n) is 7.50. The van der Waals surface area contributed by atoms with E-state index in [9.17, 15) is 10.1 Å². The fraction of sp³-hybridized carbons (Fsp3) is 0.100. The van der Waals surface area contributed by atoms with Gasteiger partial charge < -0.3 is 15.2 Å². The monoisotopic (exact) mass is 482 g/mol. The summed E-state index contributed by atoms with van der Waals surface area (Å²) in [6.45, 7) is 1.90. The molecule has 2 N–H and O–H groups in total. The second-order valence-corrected chi connectivity index (χ2v) is 9.46. The summed E-state index contributed by atoms with van der Waals surface area (Å²) < 4.78 is 3.87. The molecular weight excluding hydrogens is 460 g/mol. The first-order valence-electron chi connectivity index (χ1n) is 12.1. The van der Waals surface area contributed by atoms with Crippen molar-refractivity contribution in [2.45, 2.75) is 12.3 Å². The van der Waals surface area contributed by atoms with E-state index in [1.54, 1.807) is 0 Å². The van der Waals surface area contributed by atoms with Crippen LogP contribution < -0.4 is 10.6 Å². The van der Waals surface area contributed by atoms with E-state index in [-0.39, 0.29) is 5.91 Å². The number of benzene rings is 3. The topological polar surface area (TPSA) is 87.7 Å². The van der Waals surface area contributed by atoms with Crippen LogP contribution in [0.3, 0.4) is 0 Å². The van der Waals surface area contributed by atoms with E-state index in [4.69, 9.17) is 5.10 Å². The van der Waals surface area contributed by atoms with Crippen LogP contribution in [0.5, 0.6) is 0 Å². The smallest absolute Gasteiger partial charge is 0.245 e. The number of hydrogen-bond donors (Lipinski definition) is 2. The number of rotatable bonds is 2. The Bertz CT molecular complexity index is 1840. The molecule has 4 heterocycles. The zero-order valence-corrected chi connectivity index (χ0v) is 20.3. The van der Waals surface area contributed by atoms with Gasteiger partial charge in [-0.3, -0.25) is 4.79 Å². The van der Waals surface area contributed by atoms with E-state index >= 15 is 0 Å². The summed E-state index contributed by atoms with van der Waals surface area (Å²) in [7, 11) is 1.98. The van der Waals surface area contributed by atoms with Crippen molar-refractivity contribution in [3.63, 3.8) is 0 Å². The number of fused-ring (bicyclic) bond motifs is 5. The van der Waals surface area contributed by atoms with Gasteiger partial charge in [-0.25, -0.2) is 4.68 Å². The number of amides is 1. The maximum absolute atomic E-state index is 14.1. The van der Waals surface area contributed by atoms with Gasteiger partial charge in [-0.1, -0.05) is 54.6 Å². The van der Waals surface area contributed by atoms with Crippen LogP contribution in [-0.2, 0) is 17.3 Å². The van der Waals surface area contributed by atoms with Crippen LogP contribution in [-0.4, -0.2) is 20.3 Å². The fourth-order valence-corrected chi connectivity index (χ4v) is 5.98. The third kappa shape index (κ3) is 2.64. The molecule has 7 heteroatoms. The van der Waals surface area contributed by atoms with E-state index in [0.29, 0.717) is 34.0 Å². The highest BCUT2D eigenvalue weighted by Crippen LogP contribution is 2.55. The van der Waals surface area contributed by atoms with Crippen LogP contribution in [0.4, 0.5) is 11.5 Å². The molecule has 3 aromatic carbocycles. The molecule has 2 aromatic heterocycles. The molecule has 7 rings (SSSR count). The molecule has 2 aliphatic heterocycles. The van der Waals surface area contributed by atoms with Crippen molar-refractivity contribution in [3.05, 3.63) is 113 Å². The van der Waals surface area contributed by atoms with Gasteiger partial charge in [0.2, 0.25) is 5.91 Å². The van der Waals surface area contributed by atoms with Gasteiger partial charge in [0.15, 0.2) is 0 Å². The number of aromatic nitrogens is 3. The Hall–Kier alpha value is -5.09. The molecule has 178 valence electrons.